The summed E-state index contributed by atoms with van der Waals surface area (Å²) in [6.07, 6.45) is -0.385. The highest BCUT2D eigenvalue weighted by Gasteiger charge is 2.34. The highest BCUT2D eigenvalue weighted by atomic mass is 19.1. The summed E-state index contributed by atoms with van der Waals surface area (Å²) in [7, 11) is 4.13. The molecule has 1 aromatic heterocycles. The van der Waals surface area contributed by atoms with Crippen LogP contribution in [0.1, 0.15) is 32.1 Å². The van der Waals surface area contributed by atoms with Gasteiger partial charge in [-0.1, -0.05) is 6.92 Å². The number of amides is 4. The van der Waals surface area contributed by atoms with Gasteiger partial charge in [0, 0.05) is 30.9 Å². The zero-order valence-electron chi connectivity index (χ0n) is 28.8. The summed E-state index contributed by atoms with van der Waals surface area (Å²) >= 11 is 0. The lowest BCUT2D eigenvalue weighted by atomic mass is 10.1. The third-order valence-corrected chi connectivity index (χ3v) is 8.59. The van der Waals surface area contributed by atoms with Crippen molar-refractivity contribution in [3.8, 4) is 11.5 Å². The predicted molar refractivity (Wildman–Crippen MR) is 186 cm³/mol. The molecule has 14 nitrogen and oxygen atoms in total. The summed E-state index contributed by atoms with van der Waals surface area (Å²) in [5.41, 5.74) is 0.141. The molecule has 2 N–H and O–H groups in total. The van der Waals surface area contributed by atoms with E-state index in [2.05, 4.69) is 15.4 Å². The van der Waals surface area contributed by atoms with E-state index in [0.29, 0.717) is 17.9 Å². The molecule has 2 heterocycles. The van der Waals surface area contributed by atoms with Gasteiger partial charge in [0.25, 0.3) is 5.56 Å². The number of urea groups is 1. The first-order valence-corrected chi connectivity index (χ1v) is 16.2. The van der Waals surface area contributed by atoms with Gasteiger partial charge in [-0.05, 0) is 61.9 Å². The fourth-order valence-electron chi connectivity index (χ4n) is 5.90. The van der Waals surface area contributed by atoms with Crippen molar-refractivity contribution in [2.45, 2.75) is 32.4 Å². The van der Waals surface area contributed by atoms with Crippen molar-refractivity contribution in [3.63, 3.8) is 0 Å². The van der Waals surface area contributed by atoms with Crippen LogP contribution < -0.4 is 35.6 Å². The zero-order chi connectivity index (χ0) is 36.8. The summed E-state index contributed by atoms with van der Waals surface area (Å²) in [4.78, 5) is 61.2. The molecule has 0 spiro atoms. The smallest absolute Gasteiger partial charge is 0.407 e. The number of benzene rings is 3. The number of nitrogens with one attached hydrogen (secondary N) is 2. The number of carbonyl (C=O) groups excluding carboxylic acids is 3. The third kappa shape index (κ3) is 7.79. The van der Waals surface area contributed by atoms with Crippen LogP contribution in [0.25, 0.3) is 10.9 Å². The number of ether oxygens (including phenoxy) is 3. The summed E-state index contributed by atoms with van der Waals surface area (Å²) in [5, 5.41) is 7.17. The van der Waals surface area contributed by atoms with E-state index in [-0.39, 0.29) is 60.3 Å². The minimum absolute atomic E-state index is 0.0761. The molecule has 1 fully saturated rings. The van der Waals surface area contributed by atoms with Crippen molar-refractivity contribution in [2.24, 2.45) is 0 Å². The van der Waals surface area contributed by atoms with E-state index in [4.69, 9.17) is 14.5 Å². The monoisotopic (exact) mass is 707 g/mol. The highest BCUT2D eigenvalue weighted by Crippen LogP contribution is 2.37. The van der Waals surface area contributed by atoms with E-state index in [1.165, 1.54) is 67.3 Å². The van der Waals surface area contributed by atoms with Crippen LogP contribution in [0.5, 0.6) is 11.5 Å². The second-order valence-corrected chi connectivity index (χ2v) is 11.6. The van der Waals surface area contributed by atoms with Crippen LogP contribution in [0.4, 0.5) is 29.7 Å². The maximum atomic E-state index is 14.5. The van der Waals surface area contributed by atoms with E-state index in [1.54, 1.807) is 42.0 Å². The molecule has 0 radical (unpaired) electrons. The second-order valence-electron chi connectivity index (χ2n) is 11.6. The molecule has 270 valence electrons. The van der Waals surface area contributed by atoms with Gasteiger partial charge in [-0.3, -0.25) is 14.5 Å². The van der Waals surface area contributed by atoms with Crippen LogP contribution in [-0.4, -0.2) is 86.1 Å². The van der Waals surface area contributed by atoms with Gasteiger partial charge < -0.3 is 34.8 Å². The number of anilines is 2. The van der Waals surface area contributed by atoms with Crippen LogP contribution in [-0.2, 0) is 9.53 Å². The van der Waals surface area contributed by atoms with Crippen molar-refractivity contribution in [1.29, 1.82) is 0 Å². The van der Waals surface area contributed by atoms with Gasteiger partial charge >= 0.3 is 12.1 Å². The number of carbonyl (C=O) groups is 3. The van der Waals surface area contributed by atoms with Crippen LogP contribution in [0.15, 0.2) is 65.5 Å². The van der Waals surface area contributed by atoms with Crippen LogP contribution >= 0.6 is 0 Å². The second kappa shape index (κ2) is 15.7. The largest absolute Gasteiger partial charge is 0.497 e. The minimum atomic E-state index is -1.01. The van der Waals surface area contributed by atoms with Crippen molar-refractivity contribution < 1.29 is 37.4 Å². The van der Waals surface area contributed by atoms with Crippen molar-refractivity contribution in [2.75, 3.05) is 62.7 Å². The van der Waals surface area contributed by atoms with Gasteiger partial charge in [0.05, 0.1) is 57.1 Å². The Morgan fingerprint density at radius 2 is 1.61 bits per heavy atom. The Bertz CT molecular complexity index is 1970. The van der Waals surface area contributed by atoms with Gasteiger partial charge in [0.2, 0.25) is 5.91 Å². The standard InChI is InChI=1S/C35H39F2N7O7/c1-6-27(40-35(48)51-5)33(46)41-15-17-42(18-16-41)44-31(39-28-19-23(37)9-13-26(28)32(44)45)21(2)43(29-14-12-25(49-3)20-30(29)50-4)34(47)38-24-10-7-22(36)8-11-24/h7-14,19-21,27H,6,15-18H2,1-5H3,(H,38,47)(H,40,48)/t21?,27-/m0/s1. The lowest BCUT2D eigenvalue weighted by Crippen LogP contribution is -2.59. The Morgan fingerprint density at radius 1 is 0.922 bits per heavy atom. The number of fused-ring (bicyclic) bond motifs is 1. The molecule has 1 aliphatic heterocycles. The summed E-state index contributed by atoms with van der Waals surface area (Å²) in [5.74, 6) is -0.591. The number of nitrogens with zero attached hydrogens (tertiary/aromatic N) is 5. The van der Waals surface area contributed by atoms with E-state index in [9.17, 15) is 28.0 Å². The molecule has 1 saturated heterocycles. The summed E-state index contributed by atoms with van der Waals surface area (Å²) < 4.78 is 45.2. The van der Waals surface area contributed by atoms with Gasteiger partial charge in [0.1, 0.15) is 29.2 Å². The molecule has 5 rings (SSSR count). The van der Waals surface area contributed by atoms with Gasteiger partial charge in [-0.25, -0.2) is 28.0 Å². The average molecular weight is 708 g/mol. The Morgan fingerprint density at radius 3 is 2.24 bits per heavy atom. The van der Waals surface area contributed by atoms with E-state index < -0.39 is 41.4 Å². The molecule has 2 atom stereocenters. The fourth-order valence-corrected chi connectivity index (χ4v) is 5.90. The molecule has 1 aliphatic rings. The first-order chi connectivity index (χ1) is 24.5. The highest BCUT2D eigenvalue weighted by molar-refractivity contribution is 6.03. The molecule has 4 amide bonds. The molecule has 3 aromatic carbocycles. The Balaban J connectivity index is 1.58. The number of methoxy groups -OCH3 is 3. The predicted octanol–water partition coefficient (Wildman–Crippen LogP) is 4.41. The van der Waals surface area contributed by atoms with Gasteiger partial charge in [-0.2, -0.15) is 0 Å². The zero-order valence-corrected chi connectivity index (χ0v) is 28.8. The SMILES string of the molecule is CC[C@H](NC(=O)OC)C(=O)N1CCN(n2c(C(C)N(C(=O)Nc3ccc(F)cc3)c3ccc(OC)cc3OC)nc3cc(F)ccc3c2=O)CC1. The molecule has 0 bridgehead atoms. The number of alkyl carbamates (subject to hydrolysis) is 1. The third-order valence-electron chi connectivity index (χ3n) is 8.59. The number of aromatic nitrogens is 2. The van der Waals surface area contributed by atoms with Crippen LogP contribution in [0.3, 0.4) is 0 Å². The van der Waals surface area contributed by atoms with Crippen molar-refractivity contribution in [3.05, 3.63) is 88.5 Å². The number of hydrogen-bond donors (Lipinski definition) is 2. The van der Waals surface area contributed by atoms with Gasteiger partial charge in [0.15, 0.2) is 5.82 Å². The Kier molecular flexibility index (Phi) is 11.2. The topological polar surface area (TPSA) is 148 Å². The number of piperazine rings is 1. The van der Waals surface area contributed by atoms with Crippen molar-refractivity contribution in [1.82, 2.24) is 19.9 Å². The molecule has 0 saturated carbocycles. The van der Waals surface area contributed by atoms with Gasteiger partial charge in [-0.15, -0.1) is 0 Å². The first-order valence-electron chi connectivity index (χ1n) is 16.2. The van der Waals surface area contributed by atoms with E-state index >= 15 is 0 Å². The Hall–Kier alpha value is -5.93. The number of halogens is 2. The van der Waals surface area contributed by atoms with E-state index in [0.717, 1.165) is 6.07 Å². The molecular formula is C35H39F2N7O7. The Labute approximate surface area is 292 Å². The minimum Gasteiger partial charge on any atom is -0.497 e. The van der Waals surface area contributed by atoms with Crippen LogP contribution in [0, 0.1) is 11.6 Å². The average Bonchev–Trinajstić information content (AvgIpc) is 3.14. The normalized spacial score (nSPS) is 14.0. The quantitative estimate of drug-likeness (QED) is 0.245. The summed E-state index contributed by atoms with van der Waals surface area (Å²) in [6, 6.07) is 11.2. The molecule has 0 aliphatic carbocycles. The summed E-state index contributed by atoms with van der Waals surface area (Å²) in [6.45, 7) is 4.18. The number of hydrogen-bond acceptors (Lipinski definition) is 9. The molecule has 1 unspecified atom stereocenters. The molecule has 16 heteroatoms. The van der Waals surface area contributed by atoms with E-state index in [1.807, 2.05) is 0 Å². The molecular weight excluding hydrogens is 668 g/mol. The fraction of sp³-hybridized carbons (Fsp3) is 0.343. The lowest BCUT2D eigenvalue weighted by Gasteiger charge is -2.40. The first kappa shape index (κ1) is 36.4. The number of rotatable bonds is 10. The maximum absolute atomic E-state index is 14.5. The van der Waals surface area contributed by atoms with Crippen molar-refractivity contribution >= 4 is 40.3 Å². The molecule has 4 aromatic rings. The molecule has 51 heavy (non-hydrogen) atoms. The maximum Gasteiger partial charge on any atom is 0.407 e. The lowest BCUT2D eigenvalue weighted by molar-refractivity contribution is -0.133. The van der Waals surface area contributed by atoms with Crippen LogP contribution in [0.2, 0.25) is 0 Å².